The minimum absolute atomic E-state index is 0.0526. The van der Waals surface area contributed by atoms with Gasteiger partial charge in [-0.1, -0.05) is 13.8 Å². The minimum atomic E-state index is -0.163. The van der Waals surface area contributed by atoms with E-state index in [9.17, 15) is 4.79 Å². The highest BCUT2D eigenvalue weighted by Gasteiger charge is 2.21. The van der Waals surface area contributed by atoms with Gasteiger partial charge in [-0.25, -0.2) is 0 Å². The molecule has 1 amide bonds. The standard InChI is InChI=1S/C14H31N3O2/c1-12(13(18)15-8-7-9-19-6)16-10-14(2,3)11-17(4)5/h12,16H,7-11H2,1-6H3,(H,15,18). The number of rotatable bonds is 10. The molecule has 0 spiro atoms. The van der Waals surface area contributed by atoms with E-state index in [2.05, 4.69) is 43.5 Å². The molecule has 0 heterocycles. The van der Waals surface area contributed by atoms with Crippen LogP contribution in [0.1, 0.15) is 27.2 Å². The number of nitrogens with zero attached hydrogens (tertiary/aromatic N) is 1. The van der Waals surface area contributed by atoms with E-state index in [1.165, 1.54) is 0 Å². The zero-order valence-electron chi connectivity index (χ0n) is 13.4. The fourth-order valence-electron chi connectivity index (χ4n) is 2.02. The highest BCUT2D eigenvalue weighted by atomic mass is 16.5. The molecular formula is C14H31N3O2. The molecule has 1 unspecified atom stereocenters. The molecule has 0 aromatic carbocycles. The van der Waals surface area contributed by atoms with Gasteiger partial charge in [0.15, 0.2) is 0 Å². The summed E-state index contributed by atoms with van der Waals surface area (Å²) in [5.74, 6) is 0.0526. The van der Waals surface area contributed by atoms with Gasteiger partial charge >= 0.3 is 0 Å². The van der Waals surface area contributed by atoms with Crippen LogP contribution < -0.4 is 10.6 Å². The highest BCUT2D eigenvalue weighted by molar-refractivity contribution is 5.81. The van der Waals surface area contributed by atoms with Crippen molar-refractivity contribution < 1.29 is 9.53 Å². The summed E-state index contributed by atoms with van der Waals surface area (Å²) in [5, 5.41) is 6.20. The molecule has 0 fully saturated rings. The highest BCUT2D eigenvalue weighted by Crippen LogP contribution is 2.14. The van der Waals surface area contributed by atoms with Crippen LogP contribution in [0.25, 0.3) is 0 Å². The predicted octanol–water partition coefficient (Wildman–Crippen LogP) is 0.705. The molecule has 1 atom stereocenters. The summed E-state index contributed by atoms with van der Waals surface area (Å²) >= 11 is 0. The quantitative estimate of drug-likeness (QED) is 0.576. The summed E-state index contributed by atoms with van der Waals surface area (Å²) in [5.41, 5.74) is 0.147. The summed E-state index contributed by atoms with van der Waals surface area (Å²) in [6.07, 6.45) is 0.848. The monoisotopic (exact) mass is 273 g/mol. The Morgan fingerprint density at radius 1 is 1.37 bits per heavy atom. The van der Waals surface area contributed by atoms with Gasteiger partial charge in [0.2, 0.25) is 5.91 Å². The number of methoxy groups -OCH3 is 1. The van der Waals surface area contributed by atoms with Crippen LogP contribution in [0.3, 0.4) is 0 Å². The van der Waals surface area contributed by atoms with Gasteiger partial charge in [-0.05, 0) is 32.9 Å². The van der Waals surface area contributed by atoms with E-state index < -0.39 is 0 Å². The van der Waals surface area contributed by atoms with Crippen molar-refractivity contribution >= 4 is 5.91 Å². The van der Waals surface area contributed by atoms with Gasteiger partial charge in [-0.2, -0.15) is 0 Å². The van der Waals surface area contributed by atoms with E-state index in [0.717, 1.165) is 19.5 Å². The van der Waals surface area contributed by atoms with E-state index >= 15 is 0 Å². The fourth-order valence-corrected chi connectivity index (χ4v) is 2.02. The molecule has 0 radical (unpaired) electrons. The van der Waals surface area contributed by atoms with Crippen LogP contribution in [-0.2, 0) is 9.53 Å². The molecule has 0 aromatic rings. The summed E-state index contributed by atoms with van der Waals surface area (Å²) in [4.78, 5) is 14.0. The van der Waals surface area contributed by atoms with Crippen molar-refractivity contribution in [2.24, 2.45) is 5.41 Å². The lowest BCUT2D eigenvalue weighted by atomic mass is 9.92. The molecule has 19 heavy (non-hydrogen) atoms. The molecular weight excluding hydrogens is 242 g/mol. The summed E-state index contributed by atoms with van der Waals surface area (Å²) in [6.45, 7) is 9.45. The SMILES string of the molecule is COCCCNC(=O)C(C)NCC(C)(C)CN(C)C. The third kappa shape index (κ3) is 9.87. The number of hydrogen-bond donors (Lipinski definition) is 2. The second-order valence-corrected chi connectivity index (χ2v) is 6.14. The first-order chi connectivity index (χ1) is 8.78. The molecule has 0 saturated heterocycles. The van der Waals surface area contributed by atoms with Gasteiger partial charge in [0.05, 0.1) is 6.04 Å². The largest absolute Gasteiger partial charge is 0.385 e. The van der Waals surface area contributed by atoms with Crippen LogP contribution in [-0.4, -0.2) is 64.3 Å². The first-order valence-electron chi connectivity index (χ1n) is 6.93. The van der Waals surface area contributed by atoms with Gasteiger partial charge in [0.1, 0.15) is 0 Å². The van der Waals surface area contributed by atoms with Gasteiger partial charge in [0.25, 0.3) is 0 Å². The van der Waals surface area contributed by atoms with E-state index in [0.29, 0.717) is 13.2 Å². The summed E-state index contributed by atoms with van der Waals surface area (Å²) in [6, 6.07) is -0.163. The van der Waals surface area contributed by atoms with Crippen LogP contribution in [0.4, 0.5) is 0 Å². The summed E-state index contributed by atoms with van der Waals surface area (Å²) < 4.78 is 4.94. The van der Waals surface area contributed by atoms with Crippen molar-refractivity contribution in [3.05, 3.63) is 0 Å². The summed E-state index contributed by atoms with van der Waals surface area (Å²) in [7, 11) is 5.79. The Morgan fingerprint density at radius 3 is 2.53 bits per heavy atom. The second-order valence-electron chi connectivity index (χ2n) is 6.14. The lowest BCUT2D eigenvalue weighted by Gasteiger charge is -2.29. The normalized spacial score (nSPS) is 13.6. The number of ether oxygens (including phenoxy) is 1. The Balaban J connectivity index is 3.89. The van der Waals surface area contributed by atoms with Gasteiger partial charge in [-0.15, -0.1) is 0 Å². The Morgan fingerprint density at radius 2 is 2.00 bits per heavy atom. The Hall–Kier alpha value is -0.650. The van der Waals surface area contributed by atoms with Crippen molar-refractivity contribution in [3.63, 3.8) is 0 Å². The Kier molecular flexibility index (Phi) is 8.97. The van der Waals surface area contributed by atoms with Crippen molar-refractivity contribution in [2.45, 2.75) is 33.2 Å². The van der Waals surface area contributed by atoms with Gasteiger partial charge < -0.3 is 20.3 Å². The number of carbonyl (C=O) groups excluding carboxylic acids is 1. The molecule has 114 valence electrons. The molecule has 0 aliphatic rings. The smallest absolute Gasteiger partial charge is 0.236 e. The maximum Gasteiger partial charge on any atom is 0.236 e. The number of amides is 1. The maximum atomic E-state index is 11.8. The van der Waals surface area contributed by atoms with Crippen LogP contribution in [0.2, 0.25) is 0 Å². The molecule has 0 bridgehead atoms. The topological polar surface area (TPSA) is 53.6 Å². The van der Waals surface area contributed by atoms with Crippen molar-refractivity contribution in [1.82, 2.24) is 15.5 Å². The Labute approximate surface area is 118 Å². The average Bonchev–Trinajstić information content (AvgIpc) is 2.30. The third-order valence-electron chi connectivity index (χ3n) is 2.85. The fraction of sp³-hybridized carbons (Fsp3) is 0.929. The lowest BCUT2D eigenvalue weighted by molar-refractivity contribution is -0.122. The molecule has 0 aliphatic heterocycles. The van der Waals surface area contributed by atoms with Crippen LogP contribution >= 0.6 is 0 Å². The zero-order valence-corrected chi connectivity index (χ0v) is 13.4. The zero-order chi connectivity index (χ0) is 14.9. The van der Waals surface area contributed by atoms with Crippen molar-refractivity contribution in [3.8, 4) is 0 Å². The Bertz CT molecular complexity index is 255. The van der Waals surface area contributed by atoms with Crippen molar-refractivity contribution in [1.29, 1.82) is 0 Å². The van der Waals surface area contributed by atoms with E-state index in [1.54, 1.807) is 7.11 Å². The van der Waals surface area contributed by atoms with Crippen molar-refractivity contribution in [2.75, 3.05) is 47.4 Å². The average molecular weight is 273 g/mol. The van der Waals surface area contributed by atoms with Crippen LogP contribution in [0, 0.1) is 5.41 Å². The molecule has 0 saturated carbocycles. The number of carbonyl (C=O) groups is 1. The van der Waals surface area contributed by atoms with Crippen LogP contribution in [0.5, 0.6) is 0 Å². The van der Waals surface area contributed by atoms with Gasteiger partial charge in [-0.3, -0.25) is 4.79 Å². The number of hydrogen-bond acceptors (Lipinski definition) is 4. The van der Waals surface area contributed by atoms with Gasteiger partial charge in [0, 0.05) is 33.4 Å². The van der Waals surface area contributed by atoms with Crippen LogP contribution in [0.15, 0.2) is 0 Å². The molecule has 2 N–H and O–H groups in total. The molecule has 5 nitrogen and oxygen atoms in total. The number of nitrogens with one attached hydrogen (secondary N) is 2. The molecule has 0 aromatic heterocycles. The van der Waals surface area contributed by atoms with E-state index in [-0.39, 0.29) is 17.4 Å². The van der Waals surface area contributed by atoms with E-state index in [4.69, 9.17) is 4.74 Å². The molecule has 0 aliphatic carbocycles. The molecule has 5 heteroatoms. The third-order valence-corrected chi connectivity index (χ3v) is 2.85. The maximum absolute atomic E-state index is 11.8. The predicted molar refractivity (Wildman–Crippen MR) is 79.3 cm³/mol. The first kappa shape index (κ1) is 18.4. The first-order valence-corrected chi connectivity index (χ1v) is 6.93. The second kappa shape index (κ2) is 9.28. The minimum Gasteiger partial charge on any atom is -0.385 e. The molecule has 0 rings (SSSR count). The lowest BCUT2D eigenvalue weighted by Crippen LogP contribution is -2.47. The van der Waals surface area contributed by atoms with E-state index in [1.807, 2.05) is 6.92 Å².